The quantitative estimate of drug-likeness (QED) is 0.344. The minimum absolute atomic E-state index is 0.0824. The molecule has 32 heavy (non-hydrogen) atoms. The molecule has 0 saturated heterocycles. The van der Waals surface area contributed by atoms with E-state index in [0.29, 0.717) is 22.3 Å². The Kier molecular flexibility index (Phi) is 4.79. The average molecular weight is 420 g/mol. The predicted molar refractivity (Wildman–Crippen MR) is 121 cm³/mol. The Morgan fingerprint density at radius 2 is 1.31 bits per heavy atom. The molecule has 5 heteroatoms. The zero-order valence-electron chi connectivity index (χ0n) is 17.5. The number of ketones is 1. The molecular weight excluding hydrogens is 400 g/mol. The normalized spacial score (nSPS) is 12.8. The lowest BCUT2D eigenvalue weighted by atomic mass is 10.0. The van der Waals surface area contributed by atoms with E-state index in [9.17, 15) is 14.4 Å². The molecule has 0 radical (unpaired) electrons. The van der Waals surface area contributed by atoms with E-state index < -0.39 is 0 Å². The van der Waals surface area contributed by atoms with Crippen LogP contribution >= 0.6 is 0 Å². The van der Waals surface area contributed by atoms with Crippen LogP contribution in [-0.2, 0) is 6.54 Å². The Morgan fingerprint density at radius 3 is 2.00 bits per heavy atom. The number of rotatable bonds is 5. The molecule has 0 bridgehead atoms. The van der Waals surface area contributed by atoms with Crippen LogP contribution in [0.5, 0.6) is 0 Å². The maximum absolute atomic E-state index is 13.3. The van der Waals surface area contributed by atoms with Crippen LogP contribution in [0.4, 0.5) is 0 Å². The molecule has 156 valence electrons. The second-order valence-electron chi connectivity index (χ2n) is 7.76. The van der Waals surface area contributed by atoms with E-state index in [-0.39, 0.29) is 24.1 Å². The summed E-state index contributed by atoms with van der Waals surface area (Å²) in [4.78, 5) is 40.2. The number of nitrogens with zero attached hydrogens (tertiary/aromatic N) is 2. The summed E-state index contributed by atoms with van der Waals surface area (Å²) in [5.74, 6) is -0.685. The van der Waals surface area contributed by atoms with E-state index in [0.717, 1.165) is 17.1 Å². The number of para-hydroxylation sites is 1. The second kappa shape index (κ2) is 7.78. The monoisotopic (exact) mass is 420 g/mol. The number of imide groups is 1. The van der Waals surface area contributed by atoms with Crippen LogP contribution in [0.3, 0.4) is 0 Å². The molecule has 0 saturated carbocycles. The molecule has 0 aliphatic carbocycles. The largest absolute Gasteiger partial charge is 0.316 e. The molecule has 5 rings (SSSR count). The fourth-order valence-electron chi connectivity index (χ4n) is 4.21. The molecule has 2 heterocycles. The topological polar surface area (TPSA) is 59.4 Å². The molecule has 0 spiro atoms. The Hall–Kier alpha value is -4.25. The van der Waals surface area contributed by atoms with Crippen LogP contribution in [0.15, 0.2) is 91.0 Å². The highest BCUT2D eigenvalue weighted by Gasteiger charge is 2.35. The van der Waals surface area contributed by atoms with Gasteiger partial charge in [0, 0.05) is 22.5 Å². The molecule has 0 fully saturated rings. The van der Waals surface area contributed by atoms with Gasteiger partial charge in [0.25, 0.3) is 11.8 Å². The highest BCUT2D eigenvalue weighted by Crippen LogP contribution is 2.28. The van der Waals surface area contributed by atoms with Gasteiger partial charge in [0.05, 0.1) is 23.4 Å². The number of fused-ring (bicyclic) bond motifs is 1. The van der Waals surface area contributed by atoms with Crippen molar-refractivity contribution in [1.82, 2.24) is 9.47 Å². The molecule has 1 aromatic heterocycles. The third-order valence-electron chi connectivity index (χ3n) is 5.78. The highest BCUT2D eigenvalue weighted by molar-refractivity contribution is 6.21. The Labute approximate surface area is 185 Å². The number of hydrogen-bond donors (Lipinski definition) is 0. The first-order valence-corrected chi connectivity index (χ1v) is 10.4. The molecule has 0 unspecified atom stereocenters. The molecule has 5 nitrogen and oxygen atoms in total. The lowest BCUT2D eigenvalue weighted by Gasteiger charge is -2.19. The molecule has 0 atom stereocenters. The summed E-state index contributed by atoms with van der Waals surface area (Å²) in [5.41, 5.74) is 4.39. The fraction of sp³-hybridized carbons (Fsp3) is 0.0741. The first-order valence-electron chi connectivity index (χ1n) is 10.4. The van der Waals surface area contributed by atoms with Gasteiger partial charge in [-0.1, -0.05) is 54.6 Å². The van der Waals surface area contributed by atoms with E-state index in [1.807, 2.05) is 60.0 Å². The summed E-state index contributed by atoms with van der Waals surface area (Å²) in [7, 11) is 0. The van der Waals surface area contributed by atoms with Crippen LogP contribution < -0.4 is 0 Å². The van der Waals surface area contributed by atoms with Gasteiger partial charge >= 0.3 is 0 Å². The zero-order valence-corrected chi connectivity index (χ0v) is 17.5. The Balaban J connectivity index is 1.55. The number of aromatic nitrogens is 1. The molecule has 0 N–H and O–H groups in total. The number of amides is 2. The number of carbonyl (C=O) groups is 3. The molecular formula is C27H20N2O3. The van der Waals surface area contributed by atoms with E-state index in [1.165, 1.54) is 4.90 Å². The number of hydrogen-bond acceptors (Lipinski definition) is 3. The van der Waals surface area contributed by atoms with Gasteiger partial charge in [0.15, 0.2) is 5.78 Å². The SMILES string of the molecule is Cc1ccc(CN2C(=O)c3ccccc3C2=O)n1-c1ccccc1C(=O)c1ccccc1. The van der Waals surface area contributed by atoms with E-state index in [4.69, 9.17) is 0 Å². The lowest BCUT2D eigenvalue weighted by Crippen LogP contribution is -2.30. The zero-order chi connectivity index (χ0) is 22.2. The molecule has 2 amide bonds. The van der Waals surface area contributed by atoms with Gasteiger partial charge in [-0.15, -0.1) is 0 Å². The summed E-state index contributed by atoms with van der Waals surface area (Å²) < 4.78 is 1.94. The van der Waals surface area contributed by atoms with Crippen LogP contribution in [0.1, 0.15) is 48.0 Å². The van der Waals surface area contributed by atoms with Crippen molar-refractivity contribution in [2.24, 2.45) is 0 Å². The summed E-state index contributed by atoms with van der Waals surface area (Å²) in [5, 5.41) is 0. The van der Waals surface area contributed by atoms with E-state index in [2.05, 4.69) is 0 Å². The van der Waals surface area contributed by atoms with Gasteiger partial charge in [-0.3, -0.25) is 19.3 Å². The molecule has 1 aliphatic heterocycles. The number of carbonyl (C=O) groups excluding carboxylic acids is 3. The Morgan fingerprint density at radius 1 is 0.719 bits per heavy atom. The third kappa shape index (κ3) is 3.15. The van der Waals surface area contributed by atoms with Crippen LogP contribution in [0.25, 0.3) is 5.69 Å². The molecule has 1 aliphatic rings. The van der Waals surface area contributed by atoms with Crippen molar-refractivity contribution in [3.63, 3.8) is 0 Å². The number of aryl methyl sites for hydroxylation is 1. The highest BCUT2D eigenvalue weighted by atomic mass is 16.2. The fourth-order valence-corrected chi connectivity index (χ4v) is 4.21. The van der Waals surface area contributed by atoms with Gasteiger partial charge < -0.3 is 4.57 Å². The number of benzene rings is 3. The van der Waals surface area contributed by atoms with Crippen molar-refractivity contribution in [1.29, 1.82) is 0 Å². The summed E-state index contributed by atoms with van der Waals surface area (Å²) in [6.45, 7) is 2.06. The first kappa shape index (κ1) is 19.7. The van der Waals surface area contributed by atoms with Crippen LogP contribution in [0.2, 0.25) is 0 Å². The van der Waals surface area contributed by atoms with Gasteiger partial charge in [-0.25, -0.2) is 0 Å². The maximum atomic E-state index is 13.3. The smallest absolute Gasteiger partial charge is 0.261 e. The average Bonchev–Trinajstić information content (AvgIpc) is 3.32. The predicted octanol–water partition coefficient (Wildman–Crippen LogP) is 4.81. The van der Waals surface area contributed by atoms with Crippen molar-refractivity contribution in [3.05, 3.63) is 125 Å². The van der Waals surface area contributed by atoms with Crippen molar-refractivity contribution in [3.8, 4) is 5.69 Å². The van der Waals surface area contributed by atoms with Crippen molar-refractivity contribution < 1.29 is 14.4 Å². The van der Waals surface area contributed by atoms with E-state index >= 15 is 0 Å². The van der Waals surface area contributed by atoms with Crippen molar-refractivity contribution >= 4 is 17.6 Å². The van der Waals surface area contributed by atoms with Gasteiger partial charge in [0.1, 0.15) is 0 Å². The summed E-state index contributed by atoms with van der Waals surface area (Å²) in [6, 6.07) is 27.2. The lowest BCUT2D eigenvalue weighted by molar-refractivity contribution is 0.0639. The standard InChI is InChI=1S/C27H20N2O3/c1-18-15-16-20(17-28-26(31)21-11-5-6-12-22(21)27(28)32)29(18)24-14-8-7-13-23(24)25(30)19-9-3-2-4-10-19/h2-16H,17H2,1H3. The molecule has 4 aromatic rings. The minimum Gasteiger partial charge on any atom is -0.316 e. The second-order valence-corrected chi connectivity index (χ2v) is 7.76. The van der Waals surface area contributed by atoms with Gasteiger partial charge in [0.2, 0.25) is 0 Å². The molecule has 3 aromatic carbocycles. The van der Waals surface area contributed by atoms with Crippen LogP contribution in [-0.4, -0.2) is 27.1 Å². The van der Waals surface area contributed by atoms with Crippen molar-refractivity contribution in [2.75, 3.05) is 0 Å². The van der Waals surface area contributed by atoms with Crippen LogP contribution in [0, 0.1) is 6.92 Å². The minimum atomic E-state index is -0.301. The third-order valence-corrected chi connectivity index (χ3v) is 5.78. The maximum Gasteiger partial charge on any atom is 0.261 e. The summed E-state index contributed by atoms with van der Waals surface area (Å²) in [6.07, 6.45) is 0. The van der Waals surface area contributed by atoms with Gasteiger partial charge in [-0.2, -0.15) is 0 Å². The van der Waals surface area contributed by atoms with Gasteiger partial charge in [-0.05, 0) is 43.3 Å². The van der Waals surface area contributed by atoms with E-state index in [1.54, 1.807) is 42.5 Å². The summed E-state index contributed by atoms with van der Waals surface area (Å²) >= 11 is 0. The first-order chi connectivity index (χ1) is 15.6. The van der Waals surface area contributed by atoms with Crippen molar-refractivity contribution in [2.45, 2.75) is 13.5 Å². The Bertz CT molecular complexity index is 1330.